The number of ether oxygens (including phenoxy) is 1. The Balaban J connectivity index is 5.16. The van der Waals surface area contributed by atoms with Crippen LogP contribution in [0.2, 0.25) is 0 Å². The highest BCUT2D eigenvalue weighted by atomic mass is 31.2. The van der Waals surface area contributed by atoms with Gasteiger partial charge < -0.3 is 19.4 Å². The van der Waals surface area contributed by atoms with Gasteiger partial charge in [-0.1, -0.05) is 262 Å². The van der Waals surface area contributed by atoms with E-state index in [0.717, 1.165) is 70.6 Å². The van der Waals surface area contributed by atoms with Crippen molar-refractivity contribution < 1.29 is 37.3 Å². The maximum Gasteiger partial charge on any atom is 0.472 e. The van der Waals surface area contributed by atoms with Crippen molar-refractivity contribution in [2.75, 3.05) is 40.9 Å². The molecule has 0 aliphatic carbocycles. The van der Waals surface area contributed by atoms with Crippen LogP contribution in [-0.2, 0) is 27.9 Å². The highest BCUT2D eigenvalue weighted by Crippen LogP contribution is 2.43. The third kappa shape index (κ3) is 54.7. The number of nitrogens with one attached hydrogen (secondary N) is 1. The van der Waals surface area contributed by atoms with Crippen molar-refractivity contribution in [1.29, 1.82) is 0 Å². The van der Waals surface area contributed by atoms with E-state index in [-0.39, 0.29) is 31.5 Å². The van der Waals surface area contributed by atoms with Crippen LogP contribution in [0.4, 0.5) is 0 Å². The molecule has 0 aromatic carbocycles. The average Bonchev–Trinajstić information content (AvgIpc) is 3.36. The number of likely N-dealkylation sites (N-methyl/N-ethyl adjacent to an activating group) is 1. The lowest BCUT2D eigenvalue weighted by Gasteiger charge is -2.27. The molecule has 2 N–H and O–H groups in total. The summed E-state index contributed by atoms with van der Waals surface area (Å²) in [7, 11) is 1.50. The molecule has 0 heterocycles. The van der Waals surface area contributed by atoms with Crippen LogP contribution in [0.3, 0.4) is 0 Å². The molecule has 0 fully saturated rings. The molecular weight excluding hydrogens is 940 g/mol. The Morgan fingerprint density at radius 2 is 0.824 bits per heavy atom. The van der Waals surface area contributed by atoms with Gasteiger partial charge in [-0.15, -0.1) is 0 Å². The Labute approximate surface area is 458 Å². The minimum Gasteiger partial charge on any atom is -0.456 e. The van der Waals surface area contributed by atoms with Crippen LogP contribution in [0.25, 0.3) is 0 Å². The van der Waals surface area contributed by atoms with E-state index in [4.69, 9.17) is 13.8 Å². The van der Waals surface area contributed by atoms with Gasteiger partial charge in [-0.25, -0.2) is 4.57 Å². The molecular formula is C64H122N2O7P+. The van der Waals surface area contributed by atoms with Gasteiger partial charge in [-0.05, 0) is 70.3 Å². The van der Waals surface area contributed by atoms with E-state index in [2.05, 4.69) is 62.5 Å². The largest absolute Gasteiger partial charge is 0.472 e. The number of allylic oxidation sites excluding steroid dienone is 7. The van der Waals surface area contributed by atoms with E-state index in [1.807, 2.05) is 33.3 Å². The van der Waals surface area contributed by atoms with Crippen molar-refractivity contribution in [3.63, 3.8) is 0 Å². The Hall–Kier alpha value is -2.03. The third-order valence-corrected chi connectivity index (χ3v) is 15.0. The molecule has 3 unspecified atom stereocenters. The van der Waals surface area contributed by atoms with Gasteiger partial charge in [0.05, 0.1) is 33.8 Å². The zero-order chi connectivity index (χ0) is 54.3. The van der Waals surface area contributed by atoms with Gasteiger partial charge in [0.15, 0.2) is 0 Å². The number of hydrogen-bond acceptors (Lipinski definition) is 6. The molecule has 0 aliphatic rings. The van der Waals surface area contributed by atoms with Crippen LogP contribution < -0.4 is 5.32 Å². The normalized spacial score (nSPS) is 14.0. The summed E-state index contributed by atoms with van der Waals surface area (Å²) < 4.78 is 30.7. The second kappa shape index (κ2) is 54.3. The average molecular weight is 1060 g/mol. The van der Waals surface area contributed by atoms with Crippen LogP contribution >= 0.6 is 7.82 Å². The van der Waals surface area contributed by atoms with Crippen LogP contribution in [0.1, 0.15) is 297 Å². The maximum absolute atomic E-state index is 13.5. The number of amides is 1. The third-order valence-electron chi connectivity index (χ3n) is 14.0. The quantitative estimate of drug-likeness (QED) is 0.0205. The molecule has 74 heavy (non-hydrogen) atoms. The number of carbonyl (C=O) groups excluding carboxylic acids is 2. The van der Waals surface area contributed by atoms with E-state index in [1.165, 1.54) is 193 Å². The van der Waals surface area contributed by atoms with Crippen molar-refractivity contribution in [1.82, 2.24) is 5.32 Å². The van der Waals surface area contributed by atoms with Gasteiger partial charge in [0.25, 0.3) is 0 Å². The van der Waals surface area contributed by atoms with Crippen LogP contribution in [0, 0.1) is 0 Å². The minimum absolute atomic E-state index is 0.0410. The summed E-state index contributed by atoms with van der Waals surface area (Å²) in [6.45, 7) is 7.00. The Kier molecular flexibility index (Phi) is 52.8. The predicted molar refractivity (Wildman–Crippen MR) is 319 cm³/mol. The number of nitrogens with zero attached hydrogens (tertiary/aromatic N) is 1. The predicted octanol–water partition coefficient (Wildman–Crippen LogP) is 19.3. The van der Waals surface area contributed by atoms with Crippen molar-refractivity contribution in [3.05, 3.63) is 48.6 Å². The van der Waals surface area contributed by atoms with Crippen LogP contribution in [0.15, 0.2) is 48.6 Å². The first kappa shape index (κ1) is 72.0. The van der Waals surface area contributed by atoms with E-state index in [0.29, 0.717) is 17.4 Å². The molecule has 9 nitrogen and oxygen atoms in total. The highest BCUT2D eigenvalue weighted by molar-refractivity contribution is 7.47. The number of phosphoric ester groups is 1. The molecule has 0 saturated carbocycles. The number of carbonyl (C=O) groups is 2. The zero-order valence-electron chi connectivity index (χ0n) is 49.6. The maximum atomic E-state index is 13.5. The number of unbranched alkanes of at least 4 members (excludes halogenated alkanes) is 35. The van der Waals surface area contributed by atoms with Gasteiger partial charge in [0, 0.05) is 12.8 Å². The summed E-state index contributed by atoms with van der Waals surface area (Å²) in [5.74, 6) is -0.499. The van der Waals surface area contributed by atoms with Gasteiger partial charge in [-0.3, -0.25) is 18.6 Å². The minimum atomic E-state index is -4.44. The van der Waals surface area contributed by atoms with Gasteiger partial charge in [-0.2, -0.15) is 0 Å². The topological polar surface area (TPSA) is 111 Å². The number of hydrogen-bond donors (Lipinski definition) is 2. The van der Waals surface area contributed by atoms with E-state index in [9.17, 15) is 19.0 Å². The number of phosphoric acid groups is 1. The summed E-state index contributed by atoms with van der Waals surface area (Å²) in [5.41, 5.74) is 0. The standard InChI is InChI=1S/C64H121N2O7P/c1-7-10-13-16-19-22-25-28-29-30-31-32-33-34-35-36-37-39-42-45-48-51-54-57-64(68)73-62(55-52-49-46-43-40-27-24-21-18-15-12-9-3)61(60-72-74(69,70)71-59-58-66(4,5)6)65-63(67)56-53-50-47-44-41-38-26-23-20-17-14-11-8-2/h19,22,28-29,31-32,52,55,61-62H,7-18,20-21,23-27,30,33-51,53-54,56-60H2,1-6H3,(H-,65,67,69,70)/p+1/b22-19-,29-28-,32-31-,55-52+. The van der Waals surface area contributed by atoms with Gasteiger partial charge >= 0.3 is 13.8 Å². The Bertz CT molecular complexity index is 1410. The fourth-order valence-electron chi connectivity index (χ4n) is 9.12. The van der Waals surface area contributed by atoms with E-state index < -0.39 is 20.0 Å². The molecule has 0 aliphatic heterocycles. The number of quaternary nitrogens is 1. The summed E-state index contributed by atoms with van der Waals surface area (Å²) in [6, 6.07) is -0.846. The van der Waals surface area contributed by atoms with Gasteiger partial charge in [0.1, 0.15) is 19.3 Å². The summed E-state index contributed by atoms with van der Waals surface area (Å²) in [5, 5.41) is 3.06. The molecule has 0 bridgehead atoms. The van der Waals surface area contributed by atoms with Crippen molar-refractivity contribution in [3.8, 4) is 0 Å². The molecule has 0 rings (SSSR count). The Morgan fingerprint density at radius 1 is 0.473 bits per heavy atom. The zero-order valence-corrected chi connectivity index (χ0v) is 50.5. The number of esters is 1. The van der Waals surface area contributed by atoms with Crippen molar-refractivity contribution >= 4 is 19.7 Å². The molecule has 0 spiro atoms. The monoisotopic (exact) mass is 1060 g/mol. The summed E-state index contributed by atoms with van der Waals surface area (Å²) >= 11 is 0. The summed E-state index contributed by atoms with van der Waals surface area (Å²) in [4.78, 5) is 37.7. The van der Waals surface area contributed by atoms with E-state index in [1.54, 1.807) is 0 Å². The second-order valence-corrected chi connectivity index (χ2v) is 24.0. The fourth-order valence-corrected chi connectivity index (χ4v) is 9.86. The molecule has 3 atom stereocenters. The lowest BCUT2D eigenvalue weighted by Crippen LogP contribution is -2.47. The molecule has 0 aromatic rings. The smallest absolute Gasteiger partial charge is 0.456 e. The second-order valence-electron chi connectivity index (χ2n) is 22.6. The molecule has 0 saturated heterocycles. The first-order chi connectivity index (χ1) is 35.9. The molecule has 0 radical (unpaired) electrons. The molecule has 1 amide bonds. The molecule has 0 aromatic heterocycles. The fraction of sp³-hybridized carbons (Fsp3) is 0.844. The molecule has 10 heteroatoms. The van der Waals surface area contributed by atoms with Crippen molar-refractivity contribution in [2.45, 2.75) is 309 Å². The van der Waals surface area contributed by atoms with Crippen LogP contribution in [-0.4, -0.2) is 74.3 Å². The lowest BCUT2D eigenvalue weighted by molar-refractivity contribution is -0.870. The summed E-state index contributed by atoms with van der Waals surface area (Å²) in [6.07, 6.45) is 66.7. The molecule has 434 valence electrons. The number of rotatable bonds is 57. The van der Waals surface area contributed by atoms with Crippen LogP contribution in [0.5, 0.6) is 0 Å². The highest BCUT2D eigenvalue weighted by Gasteiger charge is 2.30. The van der Waals surface area contributed by atoms with E-state index >= 15 is 0 Å². The lowest BCUT2D eigenvalue weighted by atomic mass is 10.0. The van der Waals surface area contributed by atoms with Crippen molar-refractivity contribution in [2.24, 2.45) is 0 Å². The SMILES string of the molecule is CCCCC/C=C\C/C=C\C/C=C\CCCCCCCCCCCCC(=O)OC(/C=C/CCCCCCCCCCCC)C(COP(=O)(O)OCC[N+](C)(C)C)NC(=O)CCCCCCCCCCCCCCC. The first-order valence-electron chi connectivity index (χ1n) is 31.5. The van der Waals surface area contributed by atoms with Gasteiger partial charge in [0.2, 0.25) is 5.91 Å². The first-order valence-corrected chi connectivity index (χ1v) is 33.0. The Morgan fingerprint density at radius 3 is 1.26 bits per heavy atom.